The van der Waals surface area contributed by atoms with Gasteiger partial charge in [-0.25, -0.2) is 0 Å². The van der Waals surface area contributed by atoms with Crippen LogP contribution in [0.15, 0.2) is 29.4 Å². The Bertz CT molecular complexity index is 619. The lowest BCUT2D eigenvalue weighted by Gasteiger charge is -2.11. The first-order valence-corrected chi connectivity index (χ1v) is 7.60. The van der Waals surface area contributed by atoms with Crippen LogP contribution in [0.3, 0.4) is 0 Å². The number of hydrogen-bond acceptors (Lipinski definition) is 3. The van der Waals surface area contributed by atoms with E-state index in [0.29, 0.717) is 0 Å². The maximum absolute atomic E-state index is 4.24. The molecule has 1 aliphatic rings. The second-order valence-electron chi connectivity index (χ2n) is 5.47. The number of rotatable bonds is 6. The molecule has 3 rings (SSSR count). The molecule has 0 amide bonds. The highest BCUT2D eigenvalue weighted by Crippen LogP contribution is 2.27. The molecule has 22 heavy (non-hydrogen) atoms. The lowest BCUT2D eigenvalue weighted by Crippen LogP contribution is -2.38. The third kappa shape index (κ3) is 4.56. The van der Waals surface area contributed by atoms with Crippen molar-refractivity contribution in [1.29, 1.82) is 0 Å². The van der Waals surface area contributed by atoms with Gasteiger partial charge in [0.2, 0.25) is 0 Å². The molecule has 0 spiro atoms. The predicted molar refractivity (Wildman–Crippen MR) is 98.8 cm³/mol. The highest BCUT2D eigenvalue weighted by Gasteiger charge is 2.20. The number of pyridine rings is 1. The highest BCUT2D eigenvalue weighted by molar-refractivity contribution is 14.0. The van der Waals surface area contributed by atoms with E-state index in [2.05, 4.69) is 25.8 Å². The van der Waals surface area contributed by atoms with Crippen molar-refractivity contribution in [2.24, 2.45) is 10.9 Å². The zero-order valence-corrected chi connectivity index (χ0v) is 15.2. The number of aromatic nitrogens is 3. The fourth-order valence-corrected chi connectivity index (χ4v) is 2.30. The third-order valence-electron chi connectivity index (χ3n) is 3.73. The van der Waals surface area contributed by atoms with Gasteiger partial charge >= 0.3 is 0 Å². The van der Waals surface area contributed by atoms with E-state index in [9.17, 15) is 0 Å². The number of nitrogens with zero attached hydrogens (tertiary/aromatic N) is 4. The molecule has 0 aromatic carbocycles. The normalized spacial score (nSPS) is 14.7. The van der Waals surface area contributed by atoms with E-state index in [1.807, 2.05) is 35.8 Å². The molecule has 1 fully saturated rings. The van der Waals surface area contributed by atoms with Crippen LogP contribution in [-0.2, 0) is 6.42 Å². The van der Waals surface area contributed by atoms with Crippen molar-refractivity contribution in [1.82, 2.24) is 25.2 Å². The summed E-state index contributed by atoms with van der Waals surface area (Å²) in [4.78, 5) is 4.23. The van der Waals surface area contributed by atoms with E-state index in [-0.39, 0.29) is 24.0 Å². The summed E-state index contributed by atoms with van der Waals surface area (Å²) >= 11 is 0. The molecule has 2 aromatic heterocycles. The average molecular weight is 414 g/mol. The number of halogens is 1. The van der Waals surface area contributed by atoms with E-state index in [1.54, 1.807) is 0 Å². The minimum atomic E-state index is 0. The van der Waals surface area contributed by atoms with Gasteiger partial charge in [0.05, 0.1) is 0 Å². The topological polar surface area (TPSA) is 66.6 Å². The van der Waals surface area contributed by atoms with Crippen molar-refractivity contribution in [3.8, 4) is 0 Å². The average Bonchev–Trinajstić information content (AvgIpc) is 3.26. The molecule has 0 saturated heterocycles. The van der Waals surface area contributed by atoms with Gasteiger partial charge in [0, 0.05) is 32.8 Å². The Hall–Kier alpha value is -1.38. The molecule has 0 bridgehead atoms. The number of aryl methyl sites for hydroxylation is 1. The smallest absolute Gasteiger partial charge is 0.190 e. The minimum Gasteiger partial charge on any atom is -0.356 e. The van der Waals surface area contributed by atoms with Crippen LogP contribution in [-0.4, -0.2) is 40.7 Å². The molecule has 2 N–H and O–H groups in total. The molecule has 0 radical (unpaired) electrons. The summed E-state index contributed by atoms with van der Waals surface area (Å²) in [6.07, 6.45) is 6.61. The molecule has 1 aliphatic carbocycles. The summed E-state index contributed by atoms with van der Waals surface area (Å²) in [6, 6.07) is 5.95. The van der Waals surface area contributed by atoms with Crippen molar-refractivity contribution >= 4 is 35.6 Å². The Balaban J connectivity index is 0.00000176. The van der Waals surface area contributed by atoms with Gasteiger partial charge in [0.1, 0.15) is 5.82 Å². The Morgan fingerprint density at radius 1 is 1.32 bits per heavy atom. The summed E-state index contributed by atoms with van der Waals surface area (Å²) < 4.78 is 2.04. The second kappa shape index (κ2) is 8.30. The molecular formula is C15H23IN6. The monoisotopic (exact) mass is 414 g/mol. The second-order valence-corrected chi connectivity index (χ2v) is 5.47. The van der Waals surface area contributed by atoms with E-state index in [4.69, 9.17) is 0 Å². The zero-order chi connectivity index (χ0) is 14.5. The number of fused-ring (bicyclic) bond motifs is 1. The Labute approximate surface area is 147 Å². The van der Waals surface area contributed by atoms with Crippen LogP contribution in [0.2, 0.25) is 0 Å². The molecule has 120 valence electrons. The van der Waals surface area contributed by atoms with Crippen LogP contribution in [0.1, 0.15) is 25.1 Å². The number of hydrogen-bond donors (Lipinski definition) is 2. The van der Waals surface area contributed by atoms with Gasteiger partial charge in [-0.2, -0.15) is 0 Å². The summed E-state index contributed by atoms with van der Waals surface area (Å²) in [7, 11) is 1.81. The van der Waals surface area contributed by atoms with E-state index >= 15 is 0 Å². The maximum Gasteiger partial charge on any atom is 0.190 e. The minimum absolute atomic E-state index is 0. The fourth-order valence-electron chi connectivity index (χ4n) is 2.30. The molecule has 0 aliphatic heterocycles. The van der Waals surface area contributed by atoms with Crippen molar-refractivity contribution in [2.75, 3.05) is 20.1 Å². The highest BCUT2D eigenvalue weighted by atomic mass is 127. The van der Waals surface area contributed by atoms with Gasteiger partial charge in [-0.05, 0) is 37.3 Å². The Morgan fingerprint density at radius 2 is 2.18 bits per heavy atom. The van der Waals surface area contributed by atoms with E-state index < -0.39 is 0 Å². The van der Waals surface area contributed by atoms with Crippen LogP contribution < -0.4 is 10.6 Å². The van der Waals surface area contributed by atoms with E-state index in [1.165, 1.54) is 12.8 Å². The molecule has 2 aromatic rings. The largest absolute Gasteiger partial charge is 0.356 e. The Kier molecular flexibility index (Phi) is 6.41. The summed E-state index contributed by atoms with van der Waals surface area (Å²) in [5, 5.41) is 15.1. The SMILES string of the molecule is CN=C(NCCCc1nnc2ccccn12)NCC1CC1.I. The molecule has 7 heteroatoms. The first kappa shape index (κ1) is 17.0. The standard InChI is InChI=1S/C15H22N6.HI/c1-16-15(18-11-12-7-8-12)17-9-4-6-14-20-19-13-5-2-3-10-21(13)14;/h2-3,5,10,12H,4,6-9,11H2,1H3,(H2,16,17,18);1H. The molecule has 6 nitrogen and oxygen atoms in total. The number of aliphatic imine (C=N–C) groups is 1. The van der Waals surface area contributed by atoms with Crippen LogP contribution in [0, 0.1) is 5.92 Å². The van der Waals surface area contributed by atoms with E-state index in [0.717, 1.165) is 49.3 Å². The van der Waals surface area contributed by atoms with Gasteiger partial charge in [-0.15, -0.1) is 34.2 Å². The predicted octanol–water partition coefficient (Wildman–Crippen LogP) is 1.85. The molecule has 0 atom stereocenters. The van der Waals surface area contributed by atoms with Crippen LogP contribution in [0.5, 0.6) is 0 Å². The van der Waals surface area contributed by atoms with Crippen molar-refractivity contribution in [3.05, 3.63) is 30.2 Å². The Morgan fingerprint density at radius 3 is 2.95 bits per heavy atom. The van der Waals surface area contributed by atoms with Gasteiger partial charge in [0.15, 0.2) is 11.6 Å². The zero-order valence-electron chi connectivity index (χ0n) is 12.8. The summed E-state index contributed by atoms with van der Waals surface area (Å²) in [5.74, 6) is 2.76. The van der Waals surface area contributed by atoms with Crippen LogP contribution in [0.25, 0.3) is 5.65 Å². The number of guanidine groups is 1. The lowest BCUT2D eigenvalue weighted by atomic mass is 10.3. The van der Waals surface area contributed by atoms with Crippen molar-refractivity contribution < 1.29 is 0 Å². The lowest BCUT2D eigenvalue weighted by molar-refractivity contribution is 0.699. The van der Waals surface area contributed by atoms with Gasteiger partial charge in [-0.1, -0.05) is 6.07 Å². The van der Waals surface area contributed by atoms with Crippen molar-refractivity contribution in [3.63, 3.8) is 0 Å². The number of nitrogens with one attached hydrogen (secondary N) is 2. The van der Waals surface area contributed by atoms with Crippen LogP contribution >= 0.6 is 24.0 Å². The first-order valence-electron chi connectivity index (χ1n) is 7.60. The van der Waals surface area contributed by atoms with Crippen molar-refractivity contribution in [2.45, 2.75) is 25.7 Å². The van der Waals surface area contributed by atoms with Gasteiger partial charge < -0.3 is 10.6 Å². The van der Waals surface area contributed by atoms with Gasteiger partial charge in [0.25, 0.3) is 0 Å². The quantitative estimate of drug-likeness (QED) is 0.328. The molecular weight excluding hydrogens is 391 g/mol. The molecule has 2 heterocycles. The first-order chi connectivity index (χ1) is 10.4. The molecule has 0 unspecified atom stereocenters. The third-order valence-corrected chi connectivity index (χ3v) is 3.73. The maximum atomic E-state index is 4.24. The molecule has 1 saturated carbocycles. The summed E-state index contributed by atoms with van der Waals surface area (Å²) in [6.45, 7) is 1.92. The van der Waals surface area contributed by atoms with Gasteiger partial charge in [-0.3, -0.25) is 9.39 Å². The van der Waals surface area contributed by atoms with Crippen LogP contribution in [0.4, 0.5) is 0 Å². The summed E-state index contributed by atoms with van der Waals surface area (Å²) in [5.41, 5.74) is 0.905. The fraction of sp³-hybridized carbons (Fsp3) is 0.533.